The van der Waals surface area contributed by atoms with Crippen LogP contribution >= 0.6 is 23.1 Å². The van der Waals surface area contributed by atoms with Crippen LogP contribution in [0.2, 0.25) is 0 Å². The van der Waals surface area contributed by atoms with Crippen molar-refractivity contribution in [3.8, 4) is 10.7 Å². The van der Waals surface area contributed by atoms with Crippen LogP contribution in [0.25, 0.3) is 10.7 Å². The minimum Gasteiger partial charge on any atom is -0.338 e. The second-order valence-corrected chi connectivity index (χ2v) is 8.05. The SMILES string of the molecule is Cc1nnc(SC(C)c2nc(-c3cccs3)no2)n1Cc1ccccc1. The molecule has 0 amide bonds. The maximum absolute atomic E-state index is 5.45. The van der Waals surface area contributed by atoms with Crippen LogP contribution in [-0.2, 0) is 6.54 Å². The second-order valence-electron chi connectivity index (χ2n) is 5.80. The highest BCUT2D eigenvalue weighted by Crippen LogP contribution is 2.34. The normalized spacial score (nSPS) is 12.4. The number of benzene rings is 1. The van der Waals surface area contributed by atoms with E-state index in [1.54, 1.807) is 23.1 Å². The average Bonchev–Trinajstić information content (AvgIpc) is 3.39. The summed E-state index contributed by atoms with van der Waals surface area (Å²) >= 11 is 3.16. The molecule has 4 aromatic rings. The van der Waals surface area contributed by atoms with Gasteiger partial charge in [-0.1, -0.05) is 53.3 Å². The van der Waals surface area contributed by atoms with Crippen molar-refractivity contribution < 1.29 is 4.52 Å². The lowest BCUT2D eigenvalue weighted by Crippen LogP contribution is -2.04. The molecule has 0 aliphatic heterocycles. The van der Waals surface area contributed by atoms with Crippen molar-refractivity contribution in [1.82, 2.24) is 24.9 Å². The lowest BCUT2D eigenvalue weighted by atomic mass is 10.2. The molecule has 0 spiro atoms. The predicted octanol–water partition coefficient (Wildman–Crippen LogP) is 4.60. The highest BCUT2D eigenvalue weighted by Gasteiger charge is 2.20. The van der Waals surface area contributed by atoms with Crippen molar-refractivity contribution in [2.45, 2.75) is 30.8 Å². The van der Waals surface area contributed by atoms with Crippen LogP contribution in [0.5, 0.6) is 0 Å². The van der Waals surface area contributed by atoms with Gasteiger partial charge in [0.2, 0.25) is 11.7 Å². The van der Waals surface area contributed by atoms with Crippen molar-refractivity contribution >= 4 is 23.1 Å². The van der Waals surface area contributed by atoms with Gasteiger partial charge in [-0.15, -0.1) is 21.5 Å². The lowest BCUT2D eigenvalue weighted by molar-refractivity contribution is 0.380. The first kappa shape index (κ1) is 17.0. The molecule has 0 bridgehead atoms. The lowest BCUT2D eigenvalue weighted by Gasteiger charge is -2.10. The number of thiophene rings is 1. The Kier molecular flexibility index (Phi) is 4.85. The molecule has 132 valence electrons. The average molecular weight is 384 g/mol. The quantitative estimate of drug-likeness (QED) is 0.453. The van der Waals surface area contributed by atoms with E-state index in [1.165, 1.54) is 5.56 Å². The highest BCUT2D eigenvalue weighted by molar-refractivity contribution is 7.99. The predicted molar refractivity (Wildman–Crippen MR) is 102 cm³/mol. The Morgan fingerprint density at radius 3 is 2.77 bits per heavy atom. The first-order valence-electron chi connectivity index (χ1n) is 8.18. The van der Waals surface area contributed by atoms with Gasteiger partial charge in [-0.25, -0.2) is 0 Å². The molecule has 0 fully saturated rings. The van der Waals surface area contributed by atoms with Gasteiger partial charge in [0.15, 0.2) is 5.16 Å². The Morgan fingerprint density at radius 2 is 2.00 bits per heavy atom. The van der Waals surface area contributed by atoms with E-state index in [4.69, 9.17) is 4.52 Å². The van der Waals surface area contributed by atoms with Gasteiger partial charge in [0.25, 0.3) is 0 Å². The molecule has 6 nitrogen and oxygen atoms in total. The minimum absolute atomic E-state index is 0.0191. The van der Waals surface area contributed by atoms with E-state index < -0.39 is 0 Å². The van der Waals surface area contributed by atoms with Gasteiger partial charge in [-0.2, -0.15) is 4.98 Å². The molecule has 3 aromatic heterocycles. The van der Waals surface area contributed by atoms with Crippen LogP contribution in [0.3, 0.4) is 0 Å². The van der Waals surface area contributed by atoms with Crippen LogP contribution in [0.4, 0.5) is 0 Å². The number of rotatable bonds is 6. The first-order chi connectivity index (χ1) is 12.7. The Hall–Kier alpha value is -2.45. The molecule has 0 saturated carbocycles. The Balaban J connectivity index is 1.52. The molecule has 1 aromatic carbocycles. The topological polar surface area (TPSA) is 69.6 Å². The van der Waals surface area contributed by atoms with E-state index in [1.807, 2.05) is 49.6 Å². The van der Waals surface area contributed by atoms with Crippen LogP contribution < -0.4 is 0 Å². The maximum Gasteiger partial charge on any atom is 0.240 e. The number of aromatic nitrogens is 5. The van der Waals surface area contributed by atoms with Gasteiger partial charge in [0.05, 0.1) is 16.7 Å². The van der Waals surface area contributed by atoms with Crippen molar-refractivity contribution in [3.05, 3.63) is 65.1 Å². The molecule has 1 atom stereocenters. The summed E-state index contributed by atoms with van der Waals surface area (Å²) in [6, 6.07) is 14.2. The molecule has 1 unspecified atom stereocenters. The summed E-state index contributed by atoms with van der Waals surface area (Å²) in [6.45, 7) is 4.73. The fourth-order valence-electron chi connectivity index (χ4n) is 2.51. The van der Waals surface area contributed by atoms with E-state index >= 15 is 0 Å². The summed E-state index contributed by atoms with van der Waals surface area (Å²) < 4.78 is 7.56. The zero-order chi connectivity index (χ0) is 17.9. The number of hydrogen-bond donors (Lipinski definition) is 0. The van der Waals surface area contributed by atoms with Crippen molar-refractivity contribution in [2.75, 3.05) is 0 Å². The van der Waals surface area contributed by atoms with Crippen molar-refractivity contribution in [1.29, 1.82) is 0 Å². The largest absolute Gasteiger partial charge is 0.338 e. The molecule has 4 rings (SSSR count). The van der Waals surface area contributed by atoms with E-state index in [9.17, 15) is 0 Å². The van der Waals surface area contributed by atoms with Crippen LogP contribution in [0, 0.1) is 6.92 Å². The molecular formula is C18H17N5OS2. The zero-order valence-electron chi connectivity index (χ0n) is 14.4. The van der Waals surface area contributed by atoms with E-state index in [0.717, 1.165) is 22.4 Å². The maximum atomic E-state index is 5.45. The Labute approximate surface area is 159 Å². The summed E-state index contributed by atoms with van der Waals surface area (Å²) in [4.78, 5) is 5.52. The number of aryl methyl sites for hydroxylation is 1. The summed E-state index contributed by atoms with van der Waals surface area (Å²) in [5.74, 6) is 2.10. The summed E-state index contributed by atoms with van der Waals surface area (Å²) in [5, 5.41) is 15.5. The third-order valence-corrected chi connectivity index (χ3v) is 5.83. The standard InChI is InChI=1S/C18H17N5OS2/c1-12(17-19-16(22-24-17)15-9-6-10-25-15)26-18-21-20-13(2)23(18)11-14-7-4-3-5-8-14/h3-10,12H,11H2,1-2H3. The minimum atomic E-state index is -0.0191. The fraction of sp³-hybridized carbons (Fsp3) is 0.222. The van der Waals surface area contributed by atoms with Crippen molar-refractivity contribution in [2.24, 2.45) is 0 Å². The molecule has 0 N–H and O–H groups in total. The fourth-order valence-corrected chi connectivity index (χ4v) is 4.09. The van der Waals surface area contributed by atoms with Gasteiger partial charge in [-0.05, 0) is 30.9 Å². The monoisotopic (exact) mass is 383 g/mol. The molecule has 26 heavy (non-hydrogen) atoms. The number of nitrogens with zero attached hydrogens (tertiary/aromatic N) is 5. The van der Waals surface area contributed by atoms with Crippen molar-refractivity contribution in [3.63, 3.8) is 0 Å². The van der Waals surface area contributed by atoms with Gasteiger partial charge >= 0.3 is 0 Å². The third-order valence-electron chi connectivity index (χ3n) is 3.90. The molecule has 0 aliphatic carbocycles. The van der Waals surface area contributed by atoms with Gasteiger partial charge < -0.3 is 9.09 Å². The van der Waals surface area contributed by atoms with E-state index in [2.05, 4.69) is 37.0 Å². The van der Waals surface area contributed by atoms with E-state index in [0.29, 0.717) is 11.7 Å². The molecule has 0 aliphatic rings. The van der Waals surface area contributed by atoms with Gasteiger partial charge in [0, 0.05) is 0 Å². The van der Waals surface area contributed by atoms with Gasteiger partial charge in [0.1, 0.15) is 5.82 Å². The summed E-state index contributed by atoms with van der Waals surface area (Å²) in [7, 11) is 0. The number of hydrogen-bond acceptors (Lipinski definition) is 7. The van der Waals surface area contributed by atoms with Crippen LogP contribution in [-0.4, -0.2) is 24.9 Å². The summed E-state index contributed by atoms with van der Waals surface area (Å²) in [5.41, 5.74) is 1.21. The highest BCUT2D eigenvalue weighted by atomic mass is 32.2. The summed E-state index contributed by atoms with van der Waals surface area (Å²) in [6.07, 6.45) is 0. The van der Waals surface area contributed by atoms with Crippen LogP contribution in [0.1, 0.15) is 29.5 Å². The van der Waals surface area contributed by atoms with E-state index in [-0.39, 0.29) is 5.25 Å². The molecule has 3 heterocycles. The second kappa shape index (κ2) is 7.43. The number of thioether (sulfide) groups is 1. The first-order valence-corrected chi connectivity index (χ1v) is 9.94. The smallest absolute Gasteiger partial charge is 0.240 e. The Morgan fingerprint density at radius 1 is 1.15 bits per heavy atom. The molecule has 0 saturated heterocycles. The third kappa shape index (κ3) is 3.56. The Bertz CT molecular complexity index is 978. The zero-order valence-corrected chi connectivity index (χ0v) is 16.0. The molecule has 0 radical (unpaired) electrons. The van der Waals surface area contributed by atoms with Crippen LogP contribution in [0.15, 0.2) is 57.5 Å². The molecular weight excluding hydrogens is 366 g/mol. The van der Waals surface area contributed by atoms with Gasteiger partial charge in [-0.3, -0.25) is 0 Å². The molecule has 8 heteroatoms.